The van der Waals surface area contributed by atoms with Gasteiger partial charge in [-0.15, -0.1) is 0 Å². The van der Waals surface area contributed by atoms with E-state index in [4.69, 9.17) is 0 Å². The van der Waals surface area contributed by atoms with Crippen molar-refractivity contribution in [3.8, 4) is 0 Å². The first-order chi connectivity index (χ1) is 9.04. The maximum Gasteiger partial charge on any atom is 0.308 e. The molecule has 5 nitrogen and oxygen atoms in total. The van der Waals surface area contributed by atoms with E-state index in [-0.39, 0.29) is 6.04 Å². The average molecular weight is 261 g/mol. The summed E-state index contributed by atoms with van der Waals surface area (Å²) in [4.78, 5) is 20.6. The van der Waals surface area contributed by atoms with Crippen molar-refractivity contribution in [2.24, 2.45) is 5.92 Å². The lowest BCUT2D eigenvalue weighted by Gasteiger charge is -2.29. The minimum atomic E-state index is -0.758. The van der Waals surface area contributed by atoms with Gasteiger partial charge in [0.05, 0.1) is 23.3 Å². The summed E-state index contributed by atoms with van der Waals surface area (Å²) in [6, 6.07) is 5.72. The molecule has 2 rings (SSSR count). The number of hydrogen-bond acceptors (Lipinski definition) is 3. The van der Waals surface area contributed by atoms with Crippen LogP contribution in [0.25, 0.3) is 11.0 Å². The molecule has 0 aliphatic carbocycles. The van der Waals surface area contributed by atoms with Crippen molar-refractivity contribution in [1.82, 2.24) is 14.9 Å². The smallest absolute Gasteiger partial charge is 0.308 e. The van der Waals surface area contributed by atoms with Gasteiger partial charge in [-0.3, -0.25) is 4.79 Å². The van der Waals surface area contributed by atoms with Gasteiger partial charge in [-0.1, -0.05) is 13.0 Å². The Balaban J connectivity index is 2.45. The maximum atomic E-state index is 11.4. The van der Waals surface area contributed by atoms with Crippen LogP contribution in [0.2, 0.25) is 0 Å². The molecular formula is C14H19N3O2. The fourth-order valence-corrected chi connectivity index (χ4v) is 2.56. The molecule has 1 aromatic carbocycles. The van der Waals surface area contributed by atoms with E-state index in [0.29, 0.717) is 6.42 Å². The first-order valence-corrected chi connectivity index (χ1v) is 6.36. The summed E-state index contributed by atoms with van der Waals surface area (Å²) in [5, 5.41) is 9.38. The van der Waals surface area contributed by atoms with Crippen LogP contribution in [0.3, 0.4) is 0 Å². The second-order valence-electron chi connectivity index (χ2n) is 4.94. The number of carboxylic acid groups (broad SMARTS) is 1. The Morgan fingerprint density at radius 3 is 2.79 bits per heavy atom. The minimum absolute atomic E-state index is 0.143. The SMILES string of the molecule is CCC(C(=O)O)C(c1ccc2nc[nH]c2c1)N(C)C. The lowest BCUT2D eigenvalue weighted by Crippen LogP contribution is -2.32. The first kappa shape index (κ1) is 13.5. The van der Waals surface area contributed by atoms with Gasteiger partial charge >= 0.3 is 5.97 Å². The molecule has 19 heavy (non-hydrogen) atoms. The molecule has 2 atom stereocenters. The van der Waals surface area contributed by atoms with E-state index in [9.17, 15) is 9.90 Å². The zero-order valence-corrected chi connectivity index (χ0v) is 11.4. The number of aromatic amines is 1. The molecule has 1 aromatic heterocycles. The van der Waals surface area contributed by atoms with Crippen LogP contribution in [0, 0.1) is 5.92 Å². The molecule has 5 heteroatoms. The number of imidazole rings is 1. The van der Waals surface area contributed by atoms with E-state index in [1.54, 1.807) is 6.33 Å². The van der Waals surface area contributed by atoms with Crippen molar-refractivity contribution in [3.63, 3.8) is 0 Å². The topological polar surface area (TPSA) is 69.2 Å². The highest BCUT2D eigenvalue weighted by Crippen LogP contribution is 2.30. The van der Waals surface area contributed by atoms with Crippen LogP contribution in [-0.2, 0) is 4.79 Å². The van der Waals surface area contributed by atoms with Crippen LogP contribution >= 0.6 is 0 Å². The molecule has 2 N–H and O–H groups in total. The molecular weight excluding hydrogens is 242 g/mol. The Morgan fingerprint density at radius 1 is 1.47 bits per heavy atom. The van der Waals surface area contributed by atoms with E-state index < -0.39 is 11.9 Å². The van der Waals surface area contributed by atoms with Gasteiger partial charge in [0, 0.05) is 6.04 Å². The van der Waals surface area contributed by atoms with Gasteiger partial charge in [0.25, 0.3) is 0 Å². The molecule has 0 saturated heterocycles. The van der Waals surface area contributed by atoms with Crippen molar-refractivity contribution in [3.05, 3.63) is 30.1 Å². The number of carboxylic acids is 1. The van der Waals surface area contributed by atoms with E-state index in [2.05, 4.69) is 9.97 Å². The van der Waals surface area contributed by atoms with E-state index in [1.807, 2.05) is 44.1 Å². The number of nitrogens with one attached hydrogen (secondary N) is 1. The van der Waals surface area contributed by atoms with Gasteiger partial charge in [-0.25, -0.2) is 4.98 Å². The fraction of sp³-hybridized carbons (Fsp3) is 0.429. The third-order valence-corrected chi connectivity index (χ3v) is 3.48. The zero-order chi connectivity index (χ0) is 14.0. The molecule has 0 spiro atoms. The lowest BCUT2D eigenvalue weighted by atomic mass is 9.90. The van der Waals surface area contributed by atoms with Crippen molar-refractivity contribution in [1.29, 1.82) is 0 Å². The Bertz CT molecular complexity index is 577. The zero-order valence-electron chi connectivity index (χ0n) is 11.4. The van der Waals surface area contributed by atoms with Crippen molar-refractivity contribution < 1.29 is 9.90 Å². The van der Waals surface area contributed by atoms with Crippen LogP contribution < -0.4 is 0 Å². The van der Waals surface area contributed by atoms with E-state index in [0.717, 1.165) is 16.6 Å². The summed E-state index contributed by atoms with van der Waals surface area (Å²) >= 11 is 0. The van der Waals surface area contributed by atoms with Gasteiger partial charge < -0.3 is 15.0 Å². The Labute approximate surface area is 112 Å². The molecule has 102 valence electrons. The van der Waals surface area contributed by atoms with Crippen LogP contribution in [0.4, 0.5) is 0 Å². The summed E-state index contributed by atoms with van der Waals surface area (Å²) in [5.74, 6) is -1.18. The number of benzene rings is 1. The minimum Gasteiger partial charge on any atom is -0.481 e. The number of aliphatic carboxylic acids is 1. The third kappa shape index (κ3) is 2.61. The summed E-state index contributed by atoms with van der Waals surface area (Å²) in [7, 11) is 3.82. The van der Waals surface area contributed by atoms with E-state index in [1.165, 1.54) is 0 Å². The largest absolute Gasteiger partial charge is 0.481 e. The monoisotopic (exact) mass is 261 g/mol. The van der Waals surface area contributed by atoms with Crippen LogP contribution in [-0.4, -0.2) is 40.0 Å². The second kappa shape index (κ2) is 5.40. The molecule has 0 aliphatic rings. The molecule has 0 radical (unpaired) electrons. The Morgan fingerprint density at radius 2 is 2.21 bits per heavy atom. The fourth-order valence-electron chi connectivity index (χ4n) is 2.56. The van der Waals surface area contributed by atoms with E-state index >= 15 is 0 Å². The van der Waals surface area contributed by atoms with Crippen molar-refractivity contribution in [2.45, 2.75) is 19.4 Å². The standard InChI is InChI=1S/C14H19N3O2/c1-4-10(14(18)19)13(17(2)3)9-5-6-11-12(7-9)16-8-15-11/h5-8,10,13H,4H2,1-3H3,(H,15,16)(H,18,19). The van der Waals surface area contributed by atoms with Crippen LogP contribution in [0.15, 0.2) is 24.5 Å². The highest BCUT2D eigenvalue weighted by Gasteiger charge is 2.29. The van der Waals surface area contributed by atoms with Gasteiger partial charge in [0.15, 0.2) is 0 Å². The van der Waals surface area contributed by atoms with Crippen molar-refractivity contribution >= 4 is 17.0 Å². The van der Waals surface area contributed by atoms with Crippen molar-refractivity contribution in [2.75, 3.05) is 14.1 Å². The number of aromatic nitrogens is 2. The molecule has 0 aliphatic heterocycles. The number of carbonyl (C=O) groups is 1. The average Bonchev–Trinajstić information content (AvgIpc) is 2.81. The number of nitrogens with zero attached hydrogens (tertiary/aromatic N) is 2. The molecule has 0 bridgehead atoms. The van der Waals surface area contributed by atoms with Crippen LogP contribution in [0.1, 0.15) is 24.9 Å². The van der Waals surface area contributed by atoms with Gasteiger partial charge in [0.1, 0.15) is 0 Å². The molecule has 1 heterocycles. The molecule has 0 saturated carbocycles. The predicted molar refractivity (Wildman–Crippen MR) is 73.9 cm³/mol. The van der Waals surface area contributed by atoms with Gasteiger partial charge in [-0.2, -0.15) is 0 Å². The molecule has 0 amide bonds. The third-order valence-electron chi connectivity index (χ3n) is 3.48. The lowest BCUT2D eigenvalue weighted by molar-refractivity contribution is -0.144. The van der Waals surface area contributed by atoms with Crippen LogP contribution in [0.5, 0.6) is 0 Å². The number of H-pyrrole nitrogens is 1. The normalized spacial score (nSPS) is 14.7. The number of hydrogen-bond donors (Lipinski definition) is 2. The number of rotatable bonds is 5. The Kier molecular flexibility index (Phi) is 3.85. The summed E-state index contributed by atoms with van der Waals surface area (Å²) < 4.78 is 0. The Hall–Kier alpha value is -1.88. The molecule has 2 aromatic rings. The first-order valence-electron chi connectivity index (χ1n) is 6.36. The quantitative estimate of drug-likeness (QED) is 0.866. The second-order valence-corrected chi connectivity index (χ2v) is 4.94. The molecule has 0 fully saturated rings. The summed E-state index contributed by atoms with van der Waals surface area (Å²) in [6.45, 7) is 1.91. The summed E-state index contributed by atoms with van der Waals surface area (Å²) in [6.07, 6.45) is 2.24. The number of fused-ring (bicyclic) bond motifs is 1. The van der Waals surface area contributed by atoms with Gasteiger partial charge in [0.2, 0.25) is 0 Å². The molecule has 2 unspecified atom stereocenters. The van der Waals surface area contributed by atoms with Gasteiger partial charge in [-0.05, 0) is 38.2 Å². The summed E-state index contributed by atoms with van der Waals surface area (Å²) in [5.41, 5.74) is 2.82. The highest BCUT2D eigenvalue weighted by atomic mass is 16.4. The highest BCUT2D eigenvalue weighted by molar-refractivity contribution is 5.76. The predicted octanol–water partition coefficient (Wildman–Crippen LogP) is 2.28. The maximum absolute atomic E-state index is 11.4.